The molecule has 2 aromatic carbocycles. The molecule has 8 nitrogen and oxygen atoms in total. The first-order valence-corrected chi connectivity index (χ1v) is 11.5. The Hall–Kier alpha value is -3.81. The highest BCUT2D eigenvalue weighted by molar-refractivity contribution is 5.86. The molecule has 4 rings (SSSR count). The molecule has 0 bridgehead atoms. The van der Waals surface area contributed by atoms with Crippen molar-refractivity contribution in [1.29, 1.82) is 0 Å². The summed E-state index contributed by atoms with van der Waals surface area (Å²) in [6, 6.07) is 14.4. The number of carbonyl (C=O) groups excluding carboxylic acids is 2. The minimum Gasteiger partial charge on any atom is -0.508 e. The summed E-state index contributed by atoms with van der Waals surface area (Å²) in [7, 11) is 1.29. The summed E-state index contributed by atoms with van der Waals surface area (Å²) in [6.45, 7) is 4.42. The van der Waals surface area contributed by atoms with E-state index >= 15 is 0 Å². The Morgan fingerprint density at radius 1 is 1.09 bits per heavy atom. The first kappa shape index (κ1) is 23.4. The highest BCUT2D eigenvalue weighted by atomic mass is 16.5. The standard InChI is InChI=1S/C26H30N4O4/c1-16(2)23(29-26(33)34-3)25(32)30-14-4-5-22(30)24-27-15-21(28-24)19-8-6-17(7-9-19)18-10-12-20(31)13-11-18/h6-13,15-16,22-23,31H,4-5,14H2,1-3H3,(H,27,28)(H,29,33)/t22-,23-/m0/s1. The van der Waals surface area contributed by atoms with Crippen LogP contribution in [0.25, 0.3) is 22.4 Å². The third-order valence-corrected chi connectivity index (χ3v) is 6.23. The van der Waals surface area contributed by atoms with Crippen LogP contribution in [-0.4, -0.2) is 51.7 Å². The van der Waals surface area contributed by atoms with Gasteiger partial charge in [-0.15, -0.1) is 0 Å². The minimum atomic E-state index is -0.657. The van der Waals surface area contributed by atoms with Crippen LogP contribution >= 0.6 is 0 Å². The number of likely N-dealkylation sites (tertiary alicyclic amines) is 1. The molecule has 0 aliphatic carbocycles. The molecular formula is C26H30N4O4. The highest BCUT2D eigenvalue weighted by Crippen LogP contribution is 2.33. The monoisotopic (exact) mass is 462 g/mol. The average Bonchev–Trinajstić information content (AvgIpc) is 3.52. The zero-order chi connectivity index (χ0) is 24.2. The number of carbonyl (C=O) groups is 2. The lowest BCUT2D eigenvalue weighted by Gasteiger charge is -2.30. The Kier molecular flexibility index (Phi) is 6.86. The number of hydrogen-bond acceptors (Lipinski definition) is 5. The summed E-state index contributed by atoms with van der Waals surface area (Å²) in [5.74, 6) is 0.779. The van der Waals surface area contributed by atoms with Gasteiger partial charge in [-0.25, -0.2) is 9.78 Å². The number of imidazole rings is 1. The van der Waals surface area contributed by atoms with E-state index in [4.69, 9.17) is 4.74 Å². The Morgan fingerprint density at radius 2 is 1.71 bits per heavy atom. The van der Waals surface area contributed by atoms with E-state index in [1.165, 1.54) is 7.11 Å². The second-order valence-corrected chi connectivity index (χ2v) is 8.85. The van der Waals surface area contributed by atoms with E-state index in [0.717, 1.165) is 41.1 Å². The molecule has 2 heterocycles. The topological polar surface area (TPSA) is 108 Å². The molecular weight excluding hydrogens is 432 g/mol. The molecule has 0 saturated carbocycles. The van der Waals surface area contributed by atoms with Crippen molar-refractivity contribution in [3.05, 3.63) is 60.6 Å². The van der Waals surface area contributed by atoms with E-state index in [9.17, 15) is 14.7 Å². The number of aromatic hydroxyl groups is 1. The van der Waals surface area contributed by atoms with E-state index in [-0.39, 0.29) is 23.6 Å². The number of nitrogens with zero attached hydrogens (tertiary/aromatic N) is 2. The van der Waals surface area contributed by atoms with Crippen molar-refractivity contribution in [2.75, 3.05) is 13.7 Å². The maximum absolute atomic E-state index is 13.3. The fourth-order valence-corrected chi connectivity index (χ4v) is 4.34. The van der Waals surface area contributed by atoms with Crippen molar-refractivity contribution >= 4 is 12.0 Å². The highest BCUT2D eigenvalue weighted by Gasteiger charge is 2.37. The maximum Gasteiger partial charge on any atom is 0.407 e. The third-order valence-electron chi connectivity index (χ3n) is 6.23. The van der Waals surface area contributed by atoms with Gasteiger partial charge in [-0.3, -0.25) is 4.79 Å². The number of alkyl carbamates (subject to hydrolysis) is 1. The molecule has 2 amide bonds. The predicted octanol–water partition coefficient (Wildman–Crippen LogP) is 4.49. The van der Waals surface area contributed by atoms with Crippen LogP contribution in [-0.2, 0) is 9.53 Å². The summed E-state index contributed by atoms with van der Waals surface area (Å²) in [5.41, 5.74) is 3.94. The van der Waals surface area contributed by atoms with Gasteiger partial charge < -0.3 is 25.0 Å². The van der Waals surface area contributed by atoms with E-state index in [1.54, 1.807) is 23.2 Å². The van der Waals surface area contributed by atoms with Crippen LogP contribution in [0.4, 0.5) is 4.79 Å². The maximum atomic E-state index is 13.3. The summed E-state index contributed by atoms with van der Waals surface area (Å²) >= 11 is 0. The summed E-state index contributed by atoms with van der Waals surface area (Å²) in [4.78, 5) is 34.8. The zero-order valence-electron chi connectivity index (χ0n) is 19.6. The van der Waals surface area contributed by atoms with Crippen LogP contribution in [0.2, 0.25) is 0 Å². The molecule has 1 aliphatic rings. The number of benzene rings is 2. The van der Waals surface area contributed by atoms with Gasteiger partial charge in [-0.05, 0) is 47.6 Å². The molecule has 1 fully saturated rings. The zero-order valence-corrected chi connectivity index (χ0v) is 19.6. The first-order valence-electron chi connectivity index (χ1n) is 11.5. The molecule has 2 atom stereocenters. The van der Waals surface area contributed by atoms with Crippen LogP contribution in [0.15, 0.2) is 54.7 Å². The number of nitrogens with one attached hydrogen (secondary N) is 2. The number of aromatic amines is 1. The van der Waals surface area contributed by atoms with Gasteiger partial charge in [0.1, 0.15) is 17.6 Å². The van der Waals surface area contributed by atoms with Gasteiger partial charge in [0, 0.05) is 6.54 Å². The van der Waals surface area contributed by atoms with E-state index in [2.05, 4.69) is 15.3 Å². The number of H-pyrrole nitrogens is 1. The van der Waals surface area contributed by atoms with Crippen molar-refractivity contribution < 1.29 is 19.4 Å². The number of ether oxygens (including phenoxy) is 1. The summed E-state index contributed by atoms with van der Waals surface area (Å²) < 4.78 is 4.70. The van der Waals surface area contributed by atoms with Gasteiger partial charge in [-0.1, -0.05) is 50.2 Å². The normalized spacial score (nSPS) is 16.5. The molecule has 1 aliphatic heterocycles. The van der Waals surface area contributed by atoms with Crippen LogP contribution < -0.4 is 5.32 Å². The van der Waals surface area contributed by atoms with Gasteiger partial charge in [0.15, 0.2) is 0 Å². The van der Waals surface area contributed by atoms with Crippen molar-refractivity contribution in [3.63, 3.8) is 0 Å². The fraction of sp³-hybridized carbons (Fsp3) is 0.346. The lowest BCUT2D eigenvalue weighted by Crippen LogP contribution is -2.51. The largest absolute Gasteiger partial charge is 0.508 e. The van der Waals surface area contributed by atoms with Crippen LogP contribution in [0, 0.1) is 5.92 Å². The fourth-order valence-electron chi connectivity index (χ4n) is 4.34. The minimum absolute atomic E-state index is 0.0768. The predicted molar refractivity (Wildman–Crippen MR) is 129 cm³/mol. The SMILES string of the molecule is COC(=O)N[C@H](C(=O)N1CCC[C@H]1c1ncc(-c2ccc(-c3ccc(O)cc3)cc2)[nH]1)C(C)C. The number of rotatable bonds is 6. The second kappa shape index (κ2) is 9.99. The quantitative estimate of drug-likeness (QED) is 0.500. The molecule has 0 unspecified atom stereocenters. The number of hydrogen-bond donors (Lipinski definition) is 3. The lowest BCUT2D eigenvalue weighted by molar-refractivity contribution is -0.135. The molecule has 3 aromatic rings. The van der Waals surface area contributed by atoms with E-state index in [1.807, 2.05) is 50.2 Å². The number of phenols is 1. The van der Waals surface area contributed by atoms with Gasteiger partial charge in [0.05, 0.1) is 25.0 Å². The number of amides is 2. The molecule has 0 radical (unpaired) electrons. The molecule has 8 heteroatoms. The Labute approximate surface area is 199 Å². The molecule has 3 N–H and O–H groups in total. The van der Waals surface area contributed by atoms with Crippen molar-refractivity contribution in [2.45, 2.75) is 38.8 Å². The summed E-state index contributed by atoms with van der Waals surface area (Å²) in [5, 5.41) is 12.2. The smallest absolute Gasteiger partial charge is 0.407 e. The van der Waals surface area contributed by atoms with E-state index < -0.39 is 12.1 Å². The van der Waals surface area contributed by atoms with Crippen LogP contribution in [0.5, 0.6) is 5.75 Å². The first-order chi connectivity index (χ1) is 16.4. The van der Waals surface area contributed by atoms with E-state index in [0.29, 0.717) is 6.54 Å². The van der Waals surface area contributed by atoms with Gasteiger partial charge in [0.25, 0.3) is 0 Å². The molecule has 178 valence electrons. The lowest BCUT2D eigenvalue weighted by atomic mass is 10.0. The summed E-state index contributed by atoms with van der Waals surface area (Å²) in [6.07, 6.45) is 2.86. The van der Waals surface area contributed by atoms with Gasteiger partial charge in [-0.2, -0.15) is 0 Å². The Balaban J connectivity index is 1.51. The van der Waals surface area contributed by atoms with Gasteiger partial charge in [0.2, 0.25) is 5.91 Å². The Bertz CT molecular complexity index is 1140. The Morgan fingerprint density at radius 3 is 2.32 bits per heavy atom. The third kappa shape index (κ3) is 4.90. The van der Waals surface area contributed by atoms with Crippen molar-refractivity contribution in [2.24, 2.45) is 5.92 Å². The van der Waals surface area contributed by atoms with Crippen molar-refractivity contribution in [1.82, 2.24) is 20.2 Å². The molecule has 1 saturated heterocycles. The molecule has 34 heavy (non-hydrogen) atoms. The molecule has 1 aromatic heterocycles. The molecule has 0 spiro atoms. The number of phenolic OH excluding ortho intramolecular Hbond substituents is 1. The van der Waals surface area contributed by atoms with Crippen LogP contribution in [0.1, 0.15) is 38.6 Å². The number of aromatic nitrogens is 2. The second-order valence-electron chi connectivity index (χ2n) is 8.85. The average molecular weight is 463 g/mol. The number of methoxy groups -OCH3 is 1. The van der Waals surface area contributed by atoms with Crippen molar-refractivity contribution in [3.8, 4) is 28.1 Å². The van der Waals surface area contributed by atoms with Gasteiger partial charge >= 0.3 is 6.09 Å². The van der Waals surface area contributed by atoms with Crippen LogP contribution in [0.3, 0.4) is 0 Å².